The number of rotatable bonds is 5. The van der Waals surface area contributed by atoms with E-state index in [-0.39, 0.29) is 17.9 Å². The van der Waals surface area contributed by atoms with Crippen LogP contribution in [0, 0.1) is 22.7 Å². The molecule has 7 heteroatoms. The molecule has 0 bridgehead atoms. The van der Waals surface area contributed by atoms with Gasteiger partial charge in [0, 0.05) is 5.56 Å². The van der Waals surface area contributed by atoms with Gasteiger partial charge in [0.25, 0.3) is 0 Å². The summed E-state index contributed by atoms with van der Waals surface area (Å²) in [6.45, 7) is 7.87. The minimum atomic E-state index is -1.31. The highest BCUT2D eigenvalue weighted by molar-refractivity contribution is 5.89. The Kier molecular flexibility index (Phi) is 6.18. The molecule has 3 N–H and O–H groups in total. The van der Waals surface area contributed by atoms with E-state index in [1.807, 2.05) is 45.0 Å². The summed E-state index contributed by atoms with van der Waals surface area (Å²) in [6.07, 6.45) is -0.679. The molecule has 7 nitrogen and oxygen atoms in total. The summed E-state index contributed by atoms with van der Waals surface area (Å²) in [7, 11) is 0. The highest BCUT2D eigenvalue weighted by atomic mass is 16.5. The monoisotopic (exact) mass is 435 g/mol. The number of carbonyl (C=O) groups excluding carboxylic acids is 1. The summed E-state index contributed by atoms with van der Waals surface area (Å²) in [5, 5.41) is 19.2. The maximum Gasteiger partial charge on any atom is 0.408 e. The van der Waals surface area contributed by atoms with Gasteiger partial charge in [0.15, 0.2) is 0 Å². The topological polar surface area (TPSA) is 117 Å². The van der Waals surface area contributed by atoms with Crippen molar-refractivity contribution >= 4 is 12.0 Å². The molecule has 1 aliphatic heterocycles. The minimum Gasteiger partial charge on any atom is -0.489 e. The van der Waals surface area contributed by atoms with Crippen molar-refractivity contribution in [1.82, 2.24) is 4.90 Å². The fraction of sp³-hybridized carbons (Fsp3) is 0.400. The van der Waals surface area contributed by atoms with Crippen molar-refractivity contribution in [3.05, 3.63) is 65.2 Å². The molecular formula is C25H29N3O4. The van der Waals surface area contributed by atoms with E-state index in [4.69, 9.17) is 10.5 Å². The van der Waals surface area contributed by atoms with E-state index in [2.05, 4.69) is 6.07 Å². The van der Waals surface area contributed by atoms with Crippen LogP contribution in [0.3, 0.4) is 0 Å². The van der Waals surface area contributed by atoms with Gasteiger partial charge in [0.1, 0.15) is 17.9 Å². The van der Waals surface area contributed by atoms with Gasteiger partial charge in [-0.05, 0) is 48.4 Å². The molecule has 3 rings (SSSR count). The van der Waals surface area contributed by atoms with Gasteiger partial charge in [-0.25, -0.2) is 4.79 Å². The smallest absolute Gasteiger partial charge is 0.408 e. The van der Waals surface area contributed by atoms with E-state index in [9.17, 15) is 20.0 Å². The van der Waals surface area contributed by atoms with Crippen LogP contribution in [0.15, 0.2) is 48.5 Å². The van der Waals surface area contributed by atoms with Gasteiger partial charge in [-0.2, -0.15) is 5.26 Å². The Labute approximate surface area is 188 Å². The number of nitriles is 1. The van der Waals surface area contributed by atoms with Crippen molar-refractivity contribution in [2.75, 3.05) is 0 Å². The van der Waals surface area contributed by atoms with Crippen LogP contribution < -0.4 is 10.5 Å². The van der Waals surface area contributed by atoms with Crippen LogP contribution in [-0.2, 0) is 11.4 Å². The fourth-order valence-corrected chi connectivity index (χ4v) is 4.86. The first kappa shape index (κ1) is 23.1. The summed E-state index contributed by atoms with van der Waals surface area (Å²) in [4.78, 5) is 25.9. The largest absolute Gasteiger partial charge is 0.489 e. The Morgan fingerprint density at radius 1 is 1.22 bits per heavy atom. The molecule has 1 fully saturated rings. The molecule has 0 saturated carbocycles. The number of carbonyl (C=O) groups is 2. The Balaban J connectivity index is 1.86. The van der Waals surface area contributed by atoms with Crippen LogP contribution in [-0.4, -0.2) is 27.5 Å². The number of benzene rings is 2. The second-order valence-corrected chi connectivity index (χ2v) is 9.46. The standard InChI is InChI=1S/C25H29N3O4/c1-24(2,3)21-13-20(28(23(30)31)25(21,4)22(27)29)16-9-11-19(12-10-16)32-15-18-8-6-5-7-17(18)14-26/h5-12,20-21H,13,15H2,1-4H3,(H2,27,29)(H,30,31)/t20-,21?,25+/m1/s1. The SMILES string of the molecule is CC(C)(C)C1C[C@H](c2ccc(OCc3ccccc3C#N)cc2)N(C(=O)O)[C@]1(C)C(N)=O. The number of nitrogens with zero attached hydrogens (tertiary/aromatic N) is 2. The maximum absolute atomic E-state index is 12.5. The number of primary amides is 1. The molecular weight excluding hydrogens is 406 g/mol. The number of ether oxygens (including phenoxy) is 1. The molecule has 1 unspecified atom stereocenters. The zero-order valence-electron chi connectivity index (χ0n) is 18.8. The normalized spacial score (nSPS) is 22.9. The average Bonchev–Trinajstić information content (AvgIpc) is 3.08. The molecule has 0 aromatic heterocycles. The summed E-state index contributed by atoms with van der Waals surface area (Å²) < 4.78 is 5.83. The van der Waals surface area contributed by atoms with Crippen LogP contribution in [0.2, 0.25) is 0 Å². The van der Waals surface area contributed by atoms with E-state index in [1.54, 1.807) is 31.2 Å². The second kappa shape index (κ2) is 8.54. The first-order chi connectivity index (χ1) is 15.0. The third-order valence-electron chi connectivity index (χ3n) is 6.50. The summed E-state index contributed by atoms with van der Waals surface area (Å²) in [5.74, 6) is -0.281. The highest BCUT2D eigenvalue weighted by Gasteiger charge is 2.59. The first-order valence-corrected chi connectivity index (χ1v) is 10.5. The maximum atomic E-state index is 12.5. The number of amides is 2. The lowest BCUT2D eigenvalue weighted by molar-refractivity contribution is -0.131. The third-order valence-corrected chi connectivity index (χ3v) is 6.50. The molecule has 1 saturated heterocycles. The van der Waals surface area contributed by atoms with Crippen molar-refractivity contribution in [2.24, 2.45) is 17.1 Å². The predicted molar refractivity (Wildman–Crippen MR) is 120 cm³/mol. The third kappa shape index (κ3) is 4.13. The summed E-state index contributed by atoms with van der Waals surface area (Å²) >= 11 is 0. The van der Waals surface area contributed by atoms with E-state index >= 15 is 0 Å². The predicted octanol–water partition coefficient (Wildman–Crippen LogP) is 4.47. The van der Waals surface area contributed by atoms with Gasteiger partial charge in [-0.3, -0.25) is 9.69 Å². The average molecular weight is 436 g/mol. The molecule has 2 aromatic rings. The molecule has 0 radical (unpaired) electrons. The fourth-order valence-electron chi connectivity index (χ4n) is 4.86. The van der Waals surface area contributed by atoms with Crippen molar-refractivity contribution in [3.63, 3.8) is 0 Å². The van der Waals surface area contributed by atoms with Gasteiger partial charge >= 0.3 is 6.09 Å². The van der Waals surface area contributed by atoms with E-state index < -0.39 is 23.6 Å². The molecule has 2 amide bonds. The lowest BCUT2D eigenvalue weighted by atomic mass is 9.69. The number of hydrogen-bond acceptors (Lipinski definition) is 4. The molecule has 0 aliphatic carbocycles. The van der Waals surface area contributed by atoms with Crippen molar-refractivity contribution < 1.29 is 19.4 Å². The van der Waals surface area contributed by atoms with Crippen LogP contribution in [0.25, 0.3) is 0 Å². The van der Waals surface area contributed by atoms with Gasteiger partial charge in [0.2, 0.25) is 5.91 Å². The molecule has 3 atom stereocenters. The number of nitrogens with two attached hydrogens (primary N) is 1. The molecule has 168 valence electrons. The number of carboxylic acid groups (broad SMARTS) is 1. The highest BCUT2D eigenvalue weighted by Crippen LogP contribution is 2.53. The first-order valence-electron chi connectivity index (χ1n) is 10.5. The quantitative estimate of drug-likeness (QED) is 0.719. The Hall–Kier alpha value is -3.53. The summed E-state index contributed by atoms with van der Waals surface area (Å²) in [5.41, 5.74) is 6.24. The molecule has 1 aliphatic rings. The van der Waals surface area contributed by atoms with E-state index in [0.717, 1.165) is 11.1 Å². The number of hydrogen-bond donors (Lipinski definition) is 2. The lowest BCUT2D eigenvalue weighted by Gasteiger charge is -2.41. The molecule has 32 heavy (non-hydrogen) atoms. The second-order valence-electron chi connectivity index (χ2n) is 9.46. The van der Waals surface area contributed by atoms with Gasteiger partial charge < -0.3 is 15.6 Å². The van der Waals surface area contributed by atoms with Crippen molar-refractivity contribution in [3.8, 4) is 11.8 Å². The minimum absolute atomic E-state index is 0.244. The van der Waals surface area contributed by atoms with Crippen LogP contribution in [0.5, 0.6) is 5.75 Å². The van der Waals surface area contributed by atoms with Crippen LogP contribution in [0.1, 0.15) is 56.8 Å². The van der Waals surface area contributed by atoms with Crippen molar-refractivity contribution in [1.29, 1.82) is 5.26 Å². The lowest BCUT2D eigenvalue weighted by Crippen LogP contribution is -2.59. The Morgan fingerprint density at radius 2 is 1.84 bits per heavy atom. The molecule has 2 aromatic carbocycles. The zero-order valence-corrected chi connectivity index (χ0v) is 18.8. The van der Waals surface area contributed by atoms with Gasteiger partial charge in [-0.15, -0.1) is 0 Å². The zero-order chi connectivity index (χ0) is 23.7. The number of likely N-dealkylation sites (tertiary alicyclic amines) is 1. The van der Waals surface area contributed by atoms with Gasteiger partial charge in [-0.1, -0.05) is 51.1 Å². The molecule has 0 spiro atoms. The summed E-state index contributed by atoms with van der Waals surface area (Å²) in [6, 6.07) is 16.1. The van der Waals surface area contributed by atoms with E-state index in [1.165, 1.54) is 4.90 Å². The van der Waals surface area contributed by atoms with E-state index in [0.29, 0.717) is 17.7 Å². The Morgan fingerprint density at radius 3 is 2.38 bits per heavy atom. The van der Waals surface area contributed by atoms with Crippen molar-refractivity contribution in [2.45, 2.75) is 52.3 Å². The molecule has 1 heterocycles. The van der Waals surface area contributed by atoms with Crippen LogP contribution >= 0.6 is 0 Å². The van der Waals surface area contributed by atoms with Gasteiger partial charge in [0.05, 0.1) is 17.7 Å². The Bertz CT molecular complexity index is 1050. The van der Waals surface area contributed by atoms with Crippen LogP contribution in [0.4, 0.5) is 4.79 Å².